The molecule has 0 aromatic rings. The number of ketones is 7. The maximum atomic E-state index is 13.5. The van der Waals surface area contributed by atoms with Crippen molar-refractivity contribution in [2.45, 2.75) is 306 Å². The highest BCUT2D eigenvalue weighted by molar-refractivity contribution is 5.96. The Labute approximate surface area is 548 Å². The molecule has 0 heterocycles. The number of rotatable bonds is 37. The summed E-state index contributed by atoms with van der Waals surface area (Å²) in [5.74, 6) is -0.359. The number of nitrogens with one attached hydrogen (secondary N) is 5. The topological polar surface area (TPSA) is 291 Å². The molecule has 0 spiro atoms. The summed E-state index contributed by atoms with van der Waals surface area (Å²) in [6.45, 7) is 57.9. The highest BCUT2D eigenvalue weighted by atomic mass is 16.2. The second-order valence-corrected chi connectivity index (χ2v) is 32.7. The molecule has 0 aliphatic heterocycles. The minimum atomic E-state index is -0.726. The van der Waals surface area contributed by atoms with E-state index in [1.807, 2.05) is 159 Å². The third-order valence-corrected chi connectivity index (χ3v) is 15.4. The average molecular weight is 1270 g/mol. The third-order valence-electron chi connectivity index (χ3n) is 15.4. The Morgan fingerprint density at radius 2 is 0.767 bits per heavy atom. The normalized spacial score (nSPS) is 15.6. The molecule has 1 unspecified atom stereocenters. The summed E-state index contributed by atoms with van der Waals surface area (Å²) in [5.41, 5.74) is 9.15. The zero-order valence-corrected chi connectivity index (χ0v) is 62.7. The van der Waals surface area contributed by atoms with Crippen LogP contribution in [0.15, 0.2) is 9.98 Å². The first-order valence-electron chi connectivity index (χ1n) is 33.7. The highest BCUT2D eigenvalue weighted by Gasteiger charge is 2.38. The molecule has 0 saturated carbocycles. The number of nitrogens with zero attached hydrogens (tertiary/aromatic N) is 2. The molecule has 90 heavy (non-hydrogen) atoms. The molecule has 0 aromatic carbocycles. The maximum absolute atomic E-state index is 13.5. The predicted molar refractivity (Wildman–Crippen MR) is 374 cm³/mol. The van der Waals surface area contributed by atoms with Gasteiger partial charge in [0, 0.05) is 109 Å². The largest absolute Gasteiger partial charge is 0.388 e. The fourth-order valence-electron chi connectivity index (χ4n) is 10.3. The molecule has 0 aliphatic rings. The van der Waals surface area contributed by atoms with Gasteiger partial charge >= 0.3 is 0 Å². The number of amidine groups is 2. The number of carbonyl (C=O) groups excluding carboxylic acids is 9. The number of hydrogen-bond acceptors (Lipinski definition) is 14. The standard InChI is InChI=1S/C30H56N4O4.C21H41N3O2.C21H40N2O3/c1-12-20(4)24(17-23(35)18-33-30(9,10)11)28(38)34-26(19(2)3)25(36)16-22(27(37)29(6,7)8)14-13-15-32-21(5)31;1-14(2)18(24-21(7,8)9)17(25)13-16(19(26)20(4,5)6)11-10-12-23-15(3)22;1-14(2)18(23-21(7,8)9)17(25)13-16(19(26)20(4,5)6)11-10-12-22-15(3)24/h19-20,22,24,26,33H,12-18H2,1-11H3,(H2,31,32)(H,34,38);14,16,18,24H,10-13H2,1-9H3,(H2,22,23);14,16,18,23H,10-13H2,1-9H3,(H,22,24)/t20?,22-,24-,26+;2*16-,18+/m111/s1. The lowest BCUT2D eigenvalue weighted by molar-refractivity contribution is -0.137. The van der Waals surface area contributed by atoms with Crippen molar-refractivity contribution in [3.8, 4) is 0 Å². The Morgan fingerprint density at radius 1 is 0.444 bits per heavy atom. The monoisotopic (exact) mass is 1270 g/mol. The van der Waals surface area contributed by atoms with Crippen molar-refractivity contribution >= 4 is 64.0 Å². The van der Waals surface area contributed by atoms with Gasteiger partial charge in [-0.15, -0.1) is 0 Å². The summed E-state index contributed by atoms with van der Waals surface area (Å²) >= 11 is 0. The molecule has 0 saturated heterocycles. The Kier molecular flexibility index (Phi) is 41.1. The Bertz CT molecular complexity index is 2290. The molecule has 2 amide bonds. The Morgan fingerprint density at radius 3 is 1.03 bits per heavy atom. The molecule has 0 aromatic heterocycles. The van der Waals surface area contributed by atoms with Gasteiger partial charge < -0.3 is 38.1 Å². The van der Waals surface area contributed by atoms with Crippen LogP contribution in [0.25, 0.3) is 0 Å². The van der Waals surface area contributed by atoms with Crippen LogP contribution < -0.4 is 38.1 Å². The van der Waals surface area contributed by atoms with Crippen LogP contribution in [-0.2, 0) is 43.2 Å². The van der Waals surface area contributed by atoms with Crippen molar-refractivity contribution in [1.29, 1.82) is 0 Å². The number of nitrogens with two attached hydrogens (primary N) is 2. The molecular formula is C72H137N9O9. The molecule has 0 aliphatic carbocycles. The van der Waals surface area contributed by atoms with Crippen LogP contribution in [0, 0.1) is 63.6 Å². The summed E-state index contributed by atoms with van der Waals surface area (Å²) < 4.78 is 0. The molecule has 8 atom stereocenters. The van der Waals surface area contributed by atoms with E-state index >= 15 is 0 Å². The first-order valence-corrected chi connectivity index (χ1v) is 33.7. The van der Waals surface area contributed by atoms with Crippen molar-refractivity contribution < 1.29 is 43.2 Å². The van der Waals surface area contributed by atoms with Gasteiger partial charge in [0.25, 0.3) is 0 Å². The number of Topliss-reactive ketones (excluding diaryl/α,β-unsaturated/α-hetero) is 7. The minimum Gasteiger partial charge on any atom is -0.388 e. The minimum absolute atomic E-state index is 0.0155. The van der Waals surface area contributed by atoms with Crippen LogP contribution in [0.4, 0.5) is 0 Å². The first-order chi connectivity index (χ1) is 40.6. The van der Waals surface area contributed by atoms with E-state index in [4.69, 9.17) is 11.5 Å². The van der Waals surface area contributed by atoms with E-state index in [0.717, 1.165) is 12.8 Å². The Hall–Kier alpha value is -4.55. The van der Waals surface area contributed by atoms with Gasteiger partial charge in [0.2, 0.25) is 11.8 Å². The lowest BCUT2D eigenvalue weighted by atomic mass is 9.77. The molecule has 0 fully saturated rings. The summed E-state index contributed by atoms with van der Waals surface area (Å²) in [7, 11) is 0. The van der Waals surface area contributed by atoms with Crippen molar-refractivity contribution in [2.24, 2.45) is 85.0 Å². The van der Waals surface area contributed by atoms with Crippen LogP contribution in [0.5, 0.6) is 0 Å². The molecule has 0 radical (unpaired) electrons. The molecular weight excluding hydrogens is 1130 g/mol. The number of aliphatic imine (C=N–C) groups is 2. The van der Waals surface area contributed by atoms with Gasteiger partial charge in [-0.2, -0.15) is 0 Å². The van der Waals surface area contributed by atoms with Crippen LogP contribution in [0.1, 0.15) is 271 Å². The van der Waals surface area contributed by atoms with E-state index in [2.05, 4.69) is 57.3 Å². The van der Waals surface area contributed by atoms with Gasteiger partial charge in [0.05, 0.1) is 36.3 Å². The van der Waals surface area contributed by atoms with Crippen molar-refractivity contribution in [2.75, 3.05) is 26.2 Å². The number of amides is 2. The second kappa shape index (κ2) is 41.2. The summed E-state index contributed by atoms with van der Waals surface area (Å²) in [6, 6.07) is -1.23. The number of carbonyl (C=O) groups is 9. The SMILES string of the molecule is CC(=O)NCCC[C@H](CC(=O)[C@@H](NC(C)(C)C)C(C)C)C(=O)C(C)(C)C.CC(N)=NCCC[C@H](CC(=O)[C@@H](NC(C)(C)C)C(C)C)C(=O)C(C)(C)C.CCC(C)[C@@H](CC(=O)CNC(C)(C)C)C(=O)N[C@H](C(=O)C[C@@H](CCCN=C(C)N)C(=O)C(C)(C)C)C(C)C. The highest BCUT2D eigenvalue weighted by Crippen LogP contribution is 2.31. The van der Waals surface area contributed by atoms with Crippen molar-refractivity contribution in [3.05, 3.63) is 0 Å². The van der Waals surface area contributed by atoms with Gasteiger partial charge in [-0.3, -0.25) is 53.1 Å². The van der Waals surface area contributed by atoms with Gasteiger partial charge in [-0.25, -0.2) is 0 Å². The first kappa shape index (κ1) is 89.6. The summed E-state index contributed by atoms with van der Waals surface area (Å²) in [6.07, 6.45) is 5.37. The average Bonchev–Trinajstić information content (AvgIpc) is 1.96. The zero-order chi connectivity index (χ0) is 71.3. The molecule has 18 heteroatoms. The van der Waals surface area contributed by atoms with Crippen LogP contribution in [0.3, 0.4) is 0 Å². The number of hydrogen-bond donors (Lipinski definition) is 7. The van der Waals surface area contributed by atoms with E-state index in [1.54, 1.807) is 13.8 Å². The summed E-state index contributed by atoms with van der Waals surface area (Å²) in [4.78, 5) is 124. The lowest BCUT2D eigenvalue weighted by Crippen LogP contribution is -2.51. The molecule has 0 rings (SSSR count). The third kappa shape index (κ3) is 41.8. The molecule has 18 nitrogen and oxygen atoms in total. The van der Waals surface area contributed by atoms with Gasteiger partial charge in [-0.05, 0) is 138 Å². The Balaban J connectivity index is -0.00000130. The van der Waals surface area contributed by atoms with Gasteiger partial charge in [0.15, 0.2) is 17.3 Å². The smallest absolute Gasteiger partial charge is 0.224 e. The fourth-order valence-corrected chi connectivity index (χ4v) is 10.3. The van der Waals surface area contributed by atoms with E-state index in [1.165, 1.54) is 6.92 Å². The van der Waals surface area contributed by atoms with Gasteiger partial charge in [0.1, 0.15) is 23.1 Å². The molecule has 0 bridgehead atoms. The van der Waals surface area contributed by atoms with E-state index in [-0.39, 0.29) is 149 Å². The maximum Gasteiger partial charge on any atom is 0.224 e. The van der Waals surface area contributed by atoms with Crippen molar-refractivity contribution in [3.63, 3.8) is 0 Å². The van der Waals surface area contributed by atoms with Gasteiger partial charge in [-0.1, -0.05) is 124 Å². The van der Waals surface area contributed by atoms with E-state index < -0.39 is 34.1 Å². The lowest BCUT2D eigenvalue weighted by Gasteiger charge is -2.32. The van der Waals surface area contributed by atoms with E-state index in [9.17, 15) is 43.2 Å². The molecule has 9 N–H and O–H groups in total. The zero-order valence-electron chi connectivity index (χ0n) is 62.7. The second-order valence-electron chi connectivity index (χ2n) is 32.7. The molecule has 524 valence electrons. The van der Waals surface area contributed by atoms with Crippen LogP contribution in [0.2, 0.25) is 0 Å². The summed E-state index contributed by atoms with van der Waals surface area (Å²) in [5, 5.41) is 15.7. The van der Waals surface area contributed by atoms with Crippen molar-refractivity contribution in [1.82, 2.24) is 26.6 Å². The van der Waals surface area contributed by atoms with Crippen LogP contribution >= 0.6 is 0 Å². The predicted octanol–water partition coefficient (Wildman–Crippen LogP) is 11.7. The fraction of sp³-hybridized carbons (Fsp3) is 0.847. The van der Waals surface area contributed by atoms with Crippen LogP contribution in [-0.4, -0.2) is 125 Å². The quantitative estimate of drug-likeness (QED) is 0.0173. The van der Waals surface area contributed by atoms with E-state index in [0.29, 0.717) is 63.4 Å².